The van der Waals surface area contributed by atoms with E-state index < -0.39 is 5.91 Å². The quantitative estimate of drug-likeness (QED) is 0.599. The van der Waals surface area contributed by atoms with Crippen molar-refractivity contribution in [1.29, 1.82) is 5.41 Å². The molecule has 0 atom stereocenters. The molecule has 4 heteroatoms. The first-order chi connectivity index (χ1) is 8.18. The minimum atomic E-state index is -0.430. The van der Waals surface area contributed by atoms with Crippen molar-refractivity contribution < 1.29 is 4.79 Å². The van der Waals surface area contributed by atoms with Gasteiger partial charge in [0.15, 0.2) is 0 Å². The minimum absolute atomic E-state index is 0.430. The number of carbonyl (C=O) groups is 1. The van der Waals surface area contributed by atoms with E-state index in [0.717, 1.165) is 31.5 Å². The lowest BCUT2D eigenvalue weighted by molar-refractivity contribution is 0.100. The molecular formula is C13H17N3O. The van der Waals surface area contributed by atoms with Gasteiger partial charge in [-0.15, -0.1) is 0 Å². The first-order valence-electron chi connectivity index (χ1n) is 5.92. The second kappa shape index (κ2) is 4.99. The smallest absolute Gasteiger partial charge is 0.248 e. The molecule has 0 radical (unpaired) electrons. The van der Waals surface area contributed by atoms with Crippen LogP contribution >= 0.6 is 0 Å². The molecule has 1 aliphatic heterocycles. The highest BCUT2D eigenvalue weighted by atomic mass is 16.1. The predicted molar refractivity (Wildman–Crippen MR) is 67.2 cm³/mol. The summed E-state index contributed by atoms with van der Waals surface area (Å²) in [6.45, 7) is 1.91. The Bertz CT molecular complexity index is 419. The zero-order valence-electron chi connectivity index (χ0n) is 9.78. The van der Waals surface area contributed by atoms with Crippen molar-refractivity contribution >= 4 is 11.7 Å². The fourth-order valence-corrected chi connectivity index (χ4v) is 2.09. The summed E-state index contributed by atoms with van der Waals surface area (Å²) in [5.74, 6) is 0.113. The Morgan fingerprint density at radius 2 is 1.59 bits per heavy atom. The largest absolute Gasteiger partial charge is 0.366 e. The molecule has 17 heavy (non-hydrogen) atoms. The van der Waals surface area contributed by atoms with Crippen LogP contribution in [-0.2, 0) is 0 Å². The average Bonchev–Trinajstić information content (AvgIpc) is 2.39. The van der Waals surface area contributed by atoms with Gasteiger partial charge in [-0.2, -0.15) is 0 Å². The first kappa shape index (κ1) is 11.6. The van der Waals surface area contributed by atoms with E-state index in [1.165, 1.54) is 6.42 Å². The zero-order chi connectivity index (χ0) is 12.3. The van der Waals surface area contributed by atoms with E-state index in [9.17, 15) is 4.79 Å². The maximum absolute atomic E-state index is 10.9. The molecule has 2 rings (SSSR count). The van der Waals surface area contributed by atoms with Crippen molar-refractivity contribution in [3.8, 4) is 0 Å². The van der Waals surface area contributed by atoms with Gasteiger partial charge < -0.3 is 10.6 Å². The van der Waals surface area contributed by atoms with Gasteiger partial charge in [0, 0.05) is 24.2 Å². The molecule has 1 aromatic carbocycles. The predicted octanol–water partition coefficient (Wildman–Crippen LogP) is 1.60. The molecule has 4 nitrogen and oxygen atoms in total. The second-order valence-electron chi connectivity index (χ2n) is 4.34. The van der Waals surface area contributed by atoms with Gasteiger partial charge >= 0.3 is 0 Å². The maximum Gasteiger partial charge on any atom is 0.248 e. The van der Waals surface area contributed by atoms with Crippen LogP contribution in [-0.4, -0.2) is 29.7 Å². The molecule has 0 saturated carbocycles. The Hall–Kier alpha value is -1.84. The van der Waals surface area contributed by atoms with E-state index in [0.29, 0.717) is 11.4 Å². The van der Waals surface area contributed by atoms with Gasteiger partial charge in [-0.05, 0) is 31.4 Å². The third-order valence-corrected chi connectivity index (χ3v) is 3.12. The van der Waals surface area contributed by atoms with E-state index in [-0.39, 0.29) is 0 Å². The SMILES string of the molecule is N=C(c1ccc(C(N)=O)cc1)N1CCCCC1. The second-order valence-corrected chi connectivity index (χ2v) is 4.34. The molecule has 1 aliphatic rings. The Morgan fingerprint density at radius 3 is 2.12 bits per heavy atom. The first-order valence-corrected chi connectivity index (χ1v) is 5.92. The highest BCUT2D eigenvalue weighted by Crippen LogP contribution is 2.13. The lowest BCUT2D eigenvalue weighted by Gasteiger charge is -2.29. The van der Waals surface area contributed by atoms with Gasteiger partial charge in [-0.25, -0.2) is 0 Å². The topological polar surface area (TPSA) is 70.2 Å². The molecular weight excluding hydrogens is 214 g/mol. The van der Waals surface area contributed by atoms with Gasteiger partial charge in [0.05, 0.1) is 0 Å². The Morgan fingerprint density at radius 1 is 1.06 bits per heavy atom. The summed E-state index contributed by atoms with van der Waals surface area (Å²) < 4.78 is 0. The van der Waals surface area contributed by atoms with Gasteiger partial charge in [-0.1, -0.05) is 12.1 Å². The van der Waals surface area contributed by atoms with Crippen molar-refractivity contribution in [2.45, 2.75) is 19.3 Å². The summed E-state index contributed by atoms with van der Waals surface area (Å²) in [5, 5.41) is 8.11. The van der Waals surface area contributed by atoms with E-state index in [1.807, 2.05) is 0 Å². The molecule has 0 aromatic heterocycles. The van der Waals surface area contributed by atoms with Gasteiger partial charge in [-0.3, -0.25) is 10.2 Å². The third-order valence-electron chi connectivity index (χ3n) is 3.12. The molecule has 0 aliphatic carbocycles. The van der Waals surface area contributed by atoms with E-state index in [1.54, 1.807) is 24.3 Å². The highest BCUT2D eigenvalue weighted by molar-refractivity contribution is 5.98. The fraction of sp³-hybridized carbons (Fsp3) is 0.385. The number of hydrogen-bond acceptors (Lipinski definition) is 2. The molecule has 0 bridgehead atoms. The fourth-order valence-electron chi connectivity index (χ4n) is 2.09. The molecule has 1 heterocycles. The third kappa shape index (κ3) is 2.64. The number of nitrogens with two attached hydrogens (primary N) is 1. The molecule has 1 saturated heterocycles. The van der Waals surface area contributed by atoms with Gasteiger partial charge in [0.2, 0.25) is 5.91 Å². The summed E-state index contributed by atoms with van der Waals surface area (Å²) in [5.41, 5.74) is 6.51. The van der Waals surface area contributed by atoms with Crippen LogP contribution in [0.15, 0.2) is 24.3 Å². The van der Waals surface area contributed by atoms with Crippen LogP contribution in [0.3, 0.4) is 0 Å². The molecule has 90 valence electrons. The van der Waals surface area contributed by atoms with Gasteiger partial charge in [0.25, 0.3) is 0 Å². The summed E-state index contributed by atoms with van der Waals surface area (Å²) in [6.07, 6.45) is 3.56. The van der Waals surface area contributed by atoms with Crippen molar-refractivity contribution in [3.05, 3.63) is 35.4 Å². The van der Waals surface area contributed by atoms with E-state index in [2.05, 4.69) is 4.90 Å². The lowest BCUT2D eigenvalue weighted by Crippen LogP contribution is -2.35. The van der Waals surface area contributed by atoms with Crippen LogP contribution in [0.2, 0.25) is 0 Å². The summed E-state index contributed by atoms with van der Waals surface area (Å²) in [6, 6.07) is 6.93. The molecule has 0 spiro atoms. The normalized spacial score (nSPS) is 15.6. The average molecular weight is 231 g/mol. The Labute approximate surface area is 101 Å². The molecule has 0 unspecified atom stereocenters. The van der Waals surface area contributed by atoms with E-state index in [4.69, 9.17) is 11.1 Å². The highest BCUT2D eigenvalue weighted by Gasteiger charge is 2.14. The molecule has 3 N–H and O–H groups in total. The zero-order valence-corrected chi connectivity index (χ0v) is 9.78. The number of hydrogen-bond donors (Lipinski definition) is 2. The van der Waals surface area contributed by atoms with Crippen molar-refractivity contribution in [1.82, 2.24) is 4.90 Å². The number of primary amides is 1. The van der Waals surface area contributed by atoms with Crippen LogP contribution in [0.5, 0.6) is 0 Å². The number of piperidine rings is 1. The molecule has 1 aromatic rings. The van der Waals surface area contributed by atoms with Crippen LogP contribution in [0.1, 0.15) is 35.2 Å². The number of rotatable bonds is 2. The van der Waals surface area contributed by atoms with Crippen molar-refractivity contribution in [2.24, 2.45) is 5.73 Å². The number of nitrogens with zero attached hydrogens (tertiary/aromatic N) is 1. The van der Waals surface area contributed by atoms with Crippen LogP contribution in [0.25, 0.3) is 0 Å². The lowest BCUT2D eigenvalue weighted by atomic mass is 10.1. The number of nitrogens with one attached hydrogen (secondary N) is 1. The van der Waals surface area contributed by atoms with Crippen molar-refractivity contribution in [3.63, 3.8) is 0 Å². The standard InChI is InChI=1S/C13H17N3O/c14-12(16-8-2-1-3-9-16)10-4-6-11(7-5-10)13(15)17/h4-7,14H,1-3,8-9H2,(H2,15,17). The Kier molecular flexibility index (Phi) is 3.42. The summed E-state index contributed by atoms with van der Waals surface area (Å²) in [4.78, 5) is 13.0. The summed E-state index contributed by atoms with van der Waals surface area (Å²) in [7, 11) is 0. The maximum atomic E-state index is 10.9. The number of carbonyl (C=O) groups excluding carboxylic acids is 1. The van der Waals surface area contributed by atoms with E-state index >= 15 is 0 Å². The number of amides is 1. The van der Waals surface area contributed by atoms with Crippen LogP contribution in [0, 0.1) is 5.41 Å². The number of likely N-dealkylation sites (tertiary alicyclic amines) is 1. The monoisotopic (exact) mass is 231 g/mol. The van der Waals surface area contributed by atoms with Gasteiger partial charge in [0.1, 0.15) is 5.84 Å². The van der Waals surface area contributed by atoms with Crippen LogP contribution < -0.4 is 5.73 Å². The van der Waals surface area contributed by atoms with Crippen LogP contribution in [0.4, 0.5) is 0 Å². The van der Waals surface area contributed by atoms with Crippen molar-refractivity contribution in [2.75, 3.05) is 13.1 Å². The molecule has 1 amide bonds. The number of amidine groups is 1. The molecule has 1 fully saturated rings. The summed E-state index contributed by atoms with van der Waals surface area (Å²) >= 11 is 0. The Balaban J connectivity index is 2.10. The number of benzene rings is 1. The minimum Gasteiger partial charge on any atom is -0.366 e.